The van der Waals surface area contributed by atoms with Gasteiger partial charge in [-0.3, -0.25) is 4.98 Å². The second-order valence-corrected chi connectivity index (χ2v) is 7.65. The van der Waals surface area contributed by atoms with Gasteiger partial charge in [-0.25, -0.2) is 4.79 Å². The molecule has 4 aromatic rings. The van der Waals surface area contributed by atoms with Gasteiger partial charge in [-0.15, -0.1) is 11.3 Å². The van der Waals surface area contributed by atoms with Gasteiger partial charge in [0.1, 0.15) is 0 Å². The van der Waals surface area contributed by atoms with E-state index >= 15 is 0 Å². The van der Waals surface area contributed by atoms with Gasteiger partial charge in [0.05, 0.1) is 16.0 Å². The Kier molecular flexibility index (Phi) is 4.37. The summed E-state index contributed by atoms with van der Waals surface area (Å²) >= 11 is 1.53. The van der Waals surface area contributed by atoms with Crippen LogP contribution in [0.3, 0.4) is 0 Å². The standard InChI is InChI=1S/C21H17N3O3S/c25-21(26-12-18-23-20(24-27-18)17-10-5-11-28-17)19-13-6-1-3-8-15(13)22-16-9-4-2-7-14(16)19/h1,3,5-6,8,10-11H,2,4,7,9,12H2. The van der Waals surface area contributed by atoms with E-state index in [4.69, 9.17) is 14.2 Å². The van der Waals surface area contributed by atoms with Crippen LogP contribution in [0.1, 0.15) is 40.3 Å². The molecule has 1 aliphatic carbocycles. The lowest BCUT2D eigenvalue weighted by Crippen LogP contribution is -2.15. The molecule has 0 saturated heterocycles. The number of carbonyl (C=O) groups excluding carboxylic acids is 1. The van der Waals surface area contributed by atoms with Crippen LogP contribution in [0.5, 0.6) is 0 Å². The highest BCUT2D eigenvalue weighted by Crippen LogP contribution is 2.30. The maximum Gasteiger partial charge on any atom is 0.339 e. The zero-order valence-electron chi connectivity index (χ0n) is 15.1. The van der Waals surface area contributed by atoms with Crippen molar-refractivity contribution in [3.63, 3.8) is 0 Å². The van der Waals surface area contributed by atoms with Crippen LogP contribution in [0.15, 0.2) is 46.3 Å². The summed E-state index contributed by atoms with van der Waals surface area (Å²) in [6, 6.07) is 11.6. The second kappa shape index (κ2) is 7.16. The monoisotopic (exact) mass is 391 g/mol. The van der Waals surface area contributed by atoms with Crippen LogP contribution in [-0.4, -0.2) is 21.1 Å². The van der Waals surface area contributed by atoms with Crippen LogP contribution in [0.2, 0.25) is 0 Å². The van der Waals surface area contributed by atoms with Crippen LogP contribution in [-0.2, 0) is 24.2 Å². The van der Waals surface area contributed by atoms with Crippen molar-refractivity contribution in [2.45, 2.75) is 32.3 Å². The zero-order chi connectivity index (χ0) is 18.9. The lowest BCUT2D eigenvalue weighted by Gasteiger charge is -2.19. The highest BCUT2D eigenvalue weighted by Gasteiger charge is 2.24. The Labute approximate surface area is 165 Å². The molecule has 0 unspecified atom stereocenters. The number of hydrogen-bond donors (Lipinski definition) is 0. The summed E-state index contributed by atoms with van der Waals surface area (Å²) in [6.07, 6.45) is 3.90. The Hall–Kier alpha value is -3.06. The molecule has 1 aliphatic rings. The van der Waals surface area contributed by atoms with Crippen molar-refractivity contribution in [1.82, 2.24) is 15.1 Å². The molecule has 0 atom stereocenters. The van der Waals surface area contributed by atoms with Gasteiger partial charge >= 0.3 is 5.97 Å². The smallest absolute Gasteiger partial charge is 0.339 e. The highest BCUT2D eigenvalue weighted by atomic mass is 32.1. The van der Waals surface area contributed by atoms with Gasteiger partial charge in [0.15, 0.2) is 6.61 Å². The Morgan fingerprint density at radius 3 is 2.89 bits per heavy atom. The number of ether oxygens (including phenoxy) is 1. The fourth-order valence-electron chi connectivity index (χ4n) is 3.62. The summed E-state index contributed by atoms with van der Waals surface area (Å²) in [4.78, 5) is 23.0. The molecular weight excluding hydrogens is 374 g/mol. The molecule has 1 aromatic carbocycles. The SMILES string of the molecule is O=C(OCc1nc(-c2cccs2)no1)c1c2c(nc3ccccc13)CCCC2. The number of thiophene rings is 1. The molecule has 0 fully saturated rings. The Morgan fingerprint density at radius 1 is 1.11 bits per heavy atom. The average molecular weight is 391 g/mol. The van der Waals surface area contributed by atoms with Crippen molar-refractivity contribution in [3.8, 4) is 10.7 Å². The number of benzene rings is 1. The van der Waals surface area contributed by atoms with Crippen LogP contribution < -0.4 is 0 Å². The van der Waals surface area contributed by atoms with E-state index in [1.165, 1.54) is 11.3 Å². The number of para-hydroxylation sites is 1. The summed E-state index contributed by atoms with van der Waals surface area (Å²) < 4.78 is 10.8. The third-order valence-corrected chi connectivity index (χ3v) is 5.78. The van der Waals surface area contributed by atoms with E-state index < -0.39 is 0 Å². The number of carbonyl (C=O) groups is 1. The van der Waals surface area contributed by atoms with Gasteiger partial charge in [0.2, 0.25) is 5.82 Å². The fraction of sp³-hybridized carbons (Fsp3) is 0.238. The highest BCUT2D eigenvalue weighted by molar-refractivity contribution is 7.13. The minimum atomic E-state index is -0.368. The second-order valence-electron chi connectivity index (χ2n) is 6.70. The minimum absolute atomic E-state index is 0.0529. The minimum Gasteiger partial charge on any atom is -0.452 e. The summed E-state index contributed by atoms with van der Waals surface area (Å²) in [6.45, 7) is -0.0529. The van der Waals surface area contributed by atoms with E-state index in [0.717, 1.165) is 52.7 Å². The third kappa shape index (κ3) is 3.07. The van der Waals surface area contributed by atoms with Crippen LogP contribution in [0, 0.1) is 0 Å². The number of aromatic nitrogens is 3. The number of aryl methyl sites for hydroxylation is 1. The van der Waals surface area contributed by atoms with Crippen molar-refractivity contribution in [3.05, 3.63) is 64.5 Å². The Balaban J connectivity index is 1.43. The summed E-state index contributed by atoms with van der Waals surface area (Å²) in [7, 11) is 0. The molecule has 3 aromatic heterocycles. The zero-order valence-corrected chi connectivity index (χ0v) is 15.9. The predicted molar refractivity (Wildman–Crippen MR) is 105 cm³/mol. The first kappa shape index (κ1) is 17.1. The number of nitrogens with zero attached hydrogens (tertiary/aromatic N) is 3. The number of esters is 1. The lowest BCUT2D eigenvalue weighted by atomic mass is 9.90. The van der Waals surface area contributed by atoms with Gasteiger partial charge < -0.3 is 9.26 Å². The molecule has 0 radical (unpaired) electrons. The number of rotatable bonds is 4. The molecule has 0 spiro atoms. The summed E-state index contributed by atoms with van der Waals surface area (Å²) in [5.41, 5.74) is 3.47. The average Bonchev–Trinajstić information content (AvgIpc) is 3.42. The molecule has 140 valence electrons. The molecule has 6 nitrogen and oxygen atoms in total. The van der Waals surface area contributed by atoms with Gasteiger partial charge in [-0.2, -0.15) is 4.98 Å². The van der Waals surface area contributed by atoms with Crippen LogP contribution in [0.25, 0.3) is 21.6 Å². The predicted octanol–water partition coefficient (Wildman–Crippen LogP) is 4.58. The largest absolute Gasteiger partial charge is 0.452 e. The fourth-order valence-corrected chi connectivity index (χ4v) is 4.27. The Morgan fingerprint density at radius 2 is 2.00 bits per heavy atom. The van der Waals surface area contributed by atoms with E-state index in [2.05, 4.69) is 10.1 Å². The maximum atomic E-state index is 13.0. The third-order valence-electron chi connectivity index (χ3n) is 4.91. The summed E-state index contributed by atoms with van der Waals surface area (Å²) in [5.74, 6) is 0.421. The molecule has 3 heterocycles. The molecule has 0 saturated carbocycles. The normalized spacial score (nSPS) is 13.4. The van der Waals surface area contributed by atoms with E-state index in [0.29, 0.717) is 11.4 Å². The topological polar surface area (TPSA) is 78.1 Å². The lowest BCUT2D eigenvalue weighted by molar-refractivity contribution is 0.0430. The van der Waals surface area contributed by atoms with E-state index in [1.807, 2.05) is 41.8 Å². The molecule has 7 heteroatoms. The molecule has 0 N–H and O–H groups in total. The quantitative estimate of drug-likeness (QED) is 0.474. The van der Waals surface area contributed by atoms with Gasteiger partial charge in [0.25, 0.3) is 5.89 Å². The van der Waals surface area contributed by atoms with Crippen molar-refractivity contribution in [2.75, 3.05) is 0 Å². The van der Waals surface area contributed by atoms with E-state index in [9.17, 15) is 4.79 Å². The molecule has 0 amide bonds. The first-order valence-corrected chi connectivity index (χ1v) is 10.1. The Bertz CT molecular complexity index is 1150. The molecule has 28 heavy (non-hydrogen) atoms. The number of hydrogen-bond acceptors (Lipinski definition) is 7. The summed E-state index contributed by atoms with van der Waals surface area (Å²) in [5, 5.41) is 6.73. The molecular formula is C21H17N3O3S. The van der Waals surface area contributed by atoms with E-state index in [1.54, 1.807) is 0 Å². The number of pyridine rings is 1. The van der Waals surface area contributed by atoms with E-state index in [-0.39, 0.29) is 18.5 Å². The van der Waals surface area contributed by atoms with Crippen molar-refractivity contribution >= 4 is 28.2 Å². The first-order chi connectivity index (χ1) is 13.8. The number of fused-ring (bicyclic) bond motifs is 2. The van der Waals surface area contributed by atoms with Crippen molar-refractivity contribution in [1.29, 1.82) is 0 Å². The van der Waals surface area contributed by atoms with Gasteiger partial charge in [-0.05, 0) is 48.8 Å². The van der Waals surface area contributed by atoms with Crippen molar-refractivity contribution in [2.24, 2.45) is 0 Å². The molecule has 5 rings (SSSR count). The first-order valence-electron chi connectivity index (χ1n) is 9.23. The van der Waals surface area contributed by atoms with Gasteiger partial charge in [-0.1, -0.05) is 29.4 Å². The molecule has 0 bridgehead atoms. The molecule has 0 aliphatic heterocycles. The van der Waals surface area contributed by atoms with Gasteiger partial charge in [0, 0.05) is 11.1 Å². The van der Waals surface area contributed by atoms with Crippen LogP contribution >= 0.6 is 11.3 Å². The van der Waals surface area contributed by atoms with Crippen molar-refractivity contribution < 1.29 is 14.1 Å². The maximum absolute atomic E-state index is 13.0. The van der Waals surface area contributed by atoms with Crippen LogP contribution in [0.4, 0.5) is 0 Å².